The molecule has 2 aromatic heterocycles. The van der Waals surface area contributed by atoms with Gasteiger partial charge >= 0.3 is 36.0 Å². The third kappa shape index (κ3) is 13.1. The zero-order valence-corrected chi connectivity index (χ0v) is 38.2. The molecule has 5 N–H and O–H groups in total. The number of hydrogen-bond donors (Lipinski definition) is 5. The number of amides is 4. The lowest BCUT2D eigenvalue weighted by atomic mass is 10.2. The van der Waals surface area contributed by atoms with E-state index in [1.807, 2.05) is 0 Å². The van der Waals surface area contributed by atoms with Gasteiger partial charge < -0.3 is 34.5 Å². The van der Waals surface area contributed by atoms with Crippen LogP contribution in [0.3, 0.4) is 0 Å². The van der Waals surface area contributed by atoms with E-state index in [0.29, 0.717) is 26.8 Å². The average molecular weight is 988 g/mol. The van der Waals surface area contributed by atoms with Crippen molar-refractivity contribution in [1.29, 1.82) is 0 Å². The second kappa shape index (κ2) is 22.7. The summed E-state index contributed by atoms with van der Waals surface area (Å²) in [7, 11) is -2.92. The van der Waals surface area contributed by atoms with Crippen molar-refractivity contribution >= 4 is 91.7 Å². The van der Waals surface area contributed by atoms with Crippen LogP contribution >= 0.6 is 23.2 Å². The minimum absolute atomic E-state index is 0.00962. The summed E-state index contributed by atoms with van der Waals surface area (Å²) in [6.07, 6.45) is 4.60. The molecule has 0 spiro atoms. The summed E-state index contributed by atoms with van der Waals surface area (Å²) in [5.41, 5.74) is 0.400. The van der Waals surface area contributed by atoms with Crippen LogP contribution in [0.1, 0.15) is 56.8 Å². The number of aliphatic carboxylic acids is 1. The minimum atomic E-state index is -4.45. The third-order valence-electron chi connectivity index (χ3n) is 9.06. The van der Waals surface area contributed by atoms with E-state index in [1.54, 1.807) is 56.0 Å². The molecule has 4 amide bonds. The summed E-state index contributed by atoms with van der Waals surface area (Å²) in [6, 6.07) is 12.8. The predicted octanol–water partition coefficient (Wildman–Crippen LogP) is 7.45. The van der Waals surface area contributed by atoms with Crippen molar-refractivity contribution < 1.29 is 65.9 Å². The van der Waals surface area contributed by atoms with E-state index in [-0.39, 0.29) is 52.8 Å². The zero-order valence-electron chi connectivity index (χ0n) is 35.8. The first-order valence-electron chi connectivity index (χ1n) is 19.8. The molecule has 3 aromatic carbocycles. The summed E-state index contributed by atoms with van der Waals surface area (Å²) in [4.78, 5) is 73.7. The maximum absolute atomic E-state index is 14.3. The second-order valence-electron chi connectivity index (χ2n) is 14.0. The normalized spacial score (nSPS) is 13.4. The Balaban J connectivity index is 0.000000194. The van der Waals surface area contributed by atoms with E-state index in [2.05, 4.69) is 30.6 Å². The van der Waals surface area contributed by atoms with Gasteiger partial charge in [-0.1, -0.05) is 35.3 Å². The molecular weight excluding hydrogens is 946 g/mol. The summed E-state index contributed by atoms with van der Waals surface area (Å²) in [5, 5.41) is 23.8. The lowest BCUT2D eigenvalue weighted by Gasteiger charge is -2.18. The third-order valence-corrected chi connectivity index (χ3v) is 11.1. The Bertz CT molecular complexity index is 2850. The van der Waals surface area contributed by atoms with Gasteiger partial charge in [-0.25, -0.2) is 41.6 Å². The molecule has 67 heavy (non-hydrogen) atoms. The van der Waals surface area contributed by atoms with Crippen LogP contribution in [0.25, 0.3) is 10.9 Å². The van der Waals surface area contributed by atoms with E-state index in [9.17, 15) is 36.8 Å². The van der Waals surface area contributed by atoms with Crippen LogP contribution in [-0.2, 0) is 24.3 Å². The first-order valence-corrected chi connectivity index (χ1v) is 22.1. The number of imide groups is 1. The number of rotatable bonds is 13. The summed E-state index contributed by atoms with van der Waals surface area (Å²) >= 11 is 12.0. The number of ether oxygens (including phenoxy) is 4. The molecule has 1 saturated heterocycles. The fraction of sp³-hybridized carbons (Fsp3) is 0.262. The summed E-state index contributed by atoms with van der Waals surface area (Å²) in [5.74, 6) is -3.57. The number of cyclic esters (lactones) is 1. The van der Waals surface area contributed by atoms with Gasteiger partial charge in [0.15, 0.2) is 12.4 Å². The van der Waals surface area contributed by atoms with Crippen molar-refractivity contribution in [2.24, 2.45) is 0 Å². The Hall–Kier alpha value is -7.37. The van der Waals surface area contributed by atoms with Crippen molar-refractivity contribution in [3.8, 4) is 17.5 Å². The molecule has 0 unspecified atom stereocenters. The Labute approximate surface area is 391 Å². The Morgan fingerprint density at radius 3 is 2.27 bits per heavy atom. The molecule has 7 rings (SSSR count). The second-order valence-corrected chi connectivity index (χ2v) is 16.5. The van der Waals surface area contributed by atoms with Crippen LogP contribution in [0.15, 0.2) is 83.1 Å². The van der Waals surface area contributed by atoms with Crippen molar-refractivity contribution in [1.82, 2.24) is 24.7 Å². The highest BCUT2D eigenvalue weighted by atomic mass is 35.5. The highest BCUT2D eigenvalue weighted by Crippen LogP contribution is 2.38. The van der Waals surface area contributed by atoms with Gasteiger partial charge in [0.05, 0.1) is 34.0 Å². The van der Waals surface area contributed by atoms with Crippen LogP contribution in [0, 0.1) is 5.82 Å². The van der Waals surface area contributed by atoms with Crippen molar-refractivity contribution in [2.45, 2.75) is 57.5 Å². The van der Waals surface area contributed by atoms with Crippen molar-refractivity contribution in [3.63, 3.8) is 0 Å². The Morgan fingerprint density at radius 2 is 1.63 bits per heavy atom. The molecule has 21 nitrogen and oxygen atoms in total. The number of anilines is 3. The van der Waals surface area contributed by atoms with Gasteiger partial charge in [-0.15, -0.1) is 0 Å². The molecule has 1 saturated carbocycles. The van der Waals surface area contributed by atoms with Crippen LogP contribution in [-0.4, -0.2) is 94.9 Å². The van der Waals surface area contributed by atoms with Crippen molar-refractivity contribution in [3.05, 3.63) is 99.6 Å². The SMILES string of the molecule is CC(C)=C1OC(=O)N(c2cc(OC3CCCC3)c(Cl)cc2F)C1=O.CCOc1nc(NC)nc(NC(=O)NS(=O)(=O)c2ccccc2C(=O)O)n1.O=C(O)COc1ccc(Cl)c2cccnc12. The largest absolute Gasteiger partial charge is 0.489 e. The number of carbonyl (C=O) groups is 5. The highest BCUT2D eigenvalue weighted by molar-refractivity contribution is 7.90. The van der Waals surface area contributed by atoms with E-state index in [4.69, 9.17) is 52.4 Å². The number of hydrogen-bond acceptors (Lipinski definition) is 16. The average Bonchev–Trinajstić information content (AvgIpc) is 3.91. The van der Waals surface area contributed by atoms with Crippen LogP contribution in [0.2, 0.25) is 10.0 Å². The predicted molar refractivity (Wildman–Crippen MR) is 240 cm³/mol. The Morgan fingerprint density at radius 1 is 0.925 bits per heavy atom. The quantitative estimate of drug-likeness (QED) is 0.0716. The number of halogens is 3. The van der Waals surface area contributed by atoms with Crippen LogP contribution in [0.4, 0.5) is 31.6 Å². The fourth-order valence-electron chi connectivity index (χ4n) is 6.12. The molecule has 1 aliphatic carbocycles. The summed E-state index contributed by atoms with van der Waals surface area (Å²) < 4.78 is 61.6. The molecule has 5 aromatic rings. The fourth-order valence-corrected chi connectivity index (χ4v) is 7.64. The van der Waals surface area contributed by atoms with Gasteiger partial charge in [-0.2, -0.15) is 15.0 Å². The van der Waals surface area contributed by atoms with E-state index < -0.39 is 62.9 Å². The number of carbonyl (C=O) groups excluding carboxylic acids is 3. The number of benzene rings is 3. The maximum Gasteiger partial charge on any atom is 0.427 e. The molecule has 0 radical (unpaired) electrons. The molecule has 0 bridgehead atoms. The van der Waals surface area contributed by atoms with Crippen LogP contribution in [0.5, 0.6) is 17.5 Å². The number of carboxylic acid groups (broad SMARTS) is 2. The molecule has 0 atom stereocenters. The van der Waals surface area contributed by atoms with Gasteiger partial charge in [-0.05, 0) is 94.5 Å². The van der Waals surface area contributed by atoms with E-state index in [1.165, 1.54) is 25.2 Å². The molecule has 25 heteroatoms. The van der Waals surface area contributed by atoms with Gasteiger partial charge in [-0.3, -0.25) is 15.1 Å². The van der Waals surface area contributed by atoms with Crippen LogP contribution < -0.4 is 34.5 Å². The number of urea groups is 1. The first-order chi connectivity index (χ1) is 31.8. The smallest absolute Gasteiger partial charge is 0.427 e. The monoisotopic (exact) mass is 986 g/mol. The number of nitrogens with zero attached hydrogens (tertiary/aromatic N) is 5. The van der Waals surface area contributed by atoms with Gasteiger partial charge in [0.1, 0.15) is 27.7 Å². The highest BCUT2D eigenvalue weighted by Gasteiger charge is 2.40. The first kappa shape index (κ1) is 50.6. The summed E-state index contributed by atoms with van der Waals surface area (Å²) in [6.45, 7) is 4.84. The van der Waals surface area contributed by atoms with E-state index in [0.717, 1.165) is 49.3 Å². The zero-order chi connectivity index (χ0) is 49.0. The maximum atomic E-state index is 14.3. The molecule has 1 aliphatic heterocycles. The number of allylic oxidation sites excluding steroid dienone is 1. The number of sulfonamides is 1. The standard InChI is InChI=1S/C17H17ClFNO4.C14H16N6O6S.C11H8ClNO3/c1-9(2)15-16(21)20(17(22)24-15)13-8-14(11(18)7-12(13)19)23-10-5-3-4-6-10;1-3-26-14-18-11(15-2)16-12(19-14)17-13(23)20-27(24,25)9-7-5-4-6-8(9)10(21)22;12-8-3-4-9(16-6-10(14)15)11-7(8)2-1-5-13-11/h7-8,10H,3-6H2,1-2H3;4-7H,3H2,1-2H3,(H,21,22)(H3,15,16,17,18,19,20,23);1-5H,6H2,(H,14,15). The number of carboxylic acids is 2. The van der Waals surface area contributed by atoms with Crippen molar-refractivity contribution in [2.75, 3.05) is 35.8 Å². The van der Waals surface area contributed by atoms with Gasteiger partial charge in [0.2, 0.25) is 11.9 Å². The number of aromatic carboxylic acids is 1. The van der Waals surface area contributed by atoms with Gasteiger partial charge in [0, 0.05) is 24.7 Å². The molecule has 2 fully saturated rings. The lowest BCUT2D eigenvalue weighted by molar-refractivity contribution is -0.139. The van der Waals surface area contributed by atoms with E-state index >= 15 is 0 Å². The molecule has 2 aliphatic rings. The number of pyridine rings is 1. The lowest BCUT2D eigenvalue weighted by Crippen LogP contribution is -2.35. The number of aromatic nitrogens is 4. The molecule has 354 valence electrons. The Kier molecular flexibility index (Phi) is 17.1. The number of fused-ring (bicyclic) bond motifs is 1. The molecule has 3 heterocycles. The van der Waals surface area contributed by atoms with Gasteiger partial charge in [0.25, 0.3) is 10.0 Å². The number of nitrogens with one attached hydrogen (secondary N) is 3. The topological polar surface area (TPSA) is 288 Å². The minimum Gasteiger partial charge on any atom is -0.489 e. The molecular formula is C42H41Cl2FN8O13S.